The summed E-state index contributed by atoms with van der Waals surface area (Å²) in [5.74, 6) is 2.59. The number of hydrogen-bond donors (Lipinski definition) is 3. The van der Waals surface area contributed by atoms with Crippen LogP contribution in [0.2, 0.25) is 5.02 Å². The lowest BCUT2D eigenvalue weighted by atomic mass is 9.99. The molecule has 1 atom stereocenters. The molecular weight excluding hydrogens is 820 g/mol. The topological polar surface area (TPSA) is 154 Å². The molecule has 5 heterocycles. The molecule has 0 radical (unpaired) electrons. The number of carbonyl (C=O) groups excluding carboxylic acids is 2. The first kappa shape index (κ1) is 42.5. The summed E-state index contributed by atoms with van der Waals surface area (Å²) < 4.78 is 19.3. The van der Waals surface area contributed by atoms with E-state index in [1.807, 2.05) is 78.2 Å². The second-order valence-electron chi connectivity index (χ2n) is 14.2. The molecule has 3 N–H and O–H groups in total. The summed E-state index contributed by atoms with van der Waals surface area (Å²) >= 11 is 7.91. The van der Waals surface area contributed by atoms with E-state index >= 15 is 0 Å². The van der Waals surface area contributed by atoms with Crippen molar-refractivity contribution in [2.75, 3.05) is 55.5 Å². The van der Waals surface area contributed by atoms with E-state index in [1.165, 1.54) is 4.88 Å². The number of nitrogens with one attached hydrogen (secondary N) is 3. The van der Waals surface area contributed by atoms with Gasteiger partial charge in [-0.3, -0.25) is 19.1 Å². The number of carbonyl (C=O) groups is 2. The third kappa shape index (κ3) is 9.56. The fraction of sp³-hybridized carbons (Fsp3) is 0.273. The Bertz CT molecular complexity index is 2520. The number of pyridine rings is 1. The van der Waals surface area contributed by atoms with Crippen LogP contribution < -0.4 is 20.7 Å². The number of fused-ring (bicyclic) bond motifs is 4. The monoisotopic (exact) mass is 864 g/mol. The van der Waals surface area contributed by atoms with Gasteiger partial charge in [0.25, 0.3) is 0 Å². The predicted octanol–water partition coefficient (Wildman–Crippen LogP) is 8.02. The lowest BCUT2D eigenvalue weighted by Crippen LogP contribution is -2.17. The largest absolute Gasteiger partial charge is 0.491 e. The number of nitrogens with zero attached hydrogens (tertiary/aromatic N) is 5. The lowest BCUT2D eigenvalue weighted by Gasteiger charge is -2.13. The molecule has 0 saturated heterocycles. The molecule has 2 aliphatic heterocycles. The first-order valence-electron chi connectivity index (χ1n) is 19.4. The molecule has 2 aliphatic rings. The summed E-state index contributed by atoms with van der Waals surface area (Å²) in [5, 5.41) is 19.8. The van der Waals surface area contributed by atoms with Gasteiger partial charge in [0.15, 0.2) is 5.82 Å². The first-order valence-corrected chi connectivity index (χ1v) is 20.6. The molecule has 3 aromatic heterocycles. The molecular formula is C44H45ClN8O5S2. The molecule has 0 fully saturated rings. The Morgan fingerprint density at radius 2 is 1.68 bits per heavy atom. The minimum Gasteiger partial charge on any atom is -0.491 e. The zero-order chi connectivity index (χ0) is 40.9. The molecule has 6 aromatic rings. The maximum atomic E-state index is 13.5. The van der Waals surface area contributed by atoms with E-state index in [0.717, 1.165) is 61.4 Å². The summed E-state index contributed by atoms with van der Waals surface area (Å²) in [4.78, 5) is 36.2. The number of ether oxygens (including phenoxy) is 3. The van der Waals surface area contributed by atoms with Crippen molar-refractivity contribution in [3.63, 3.8) is 0 Å². The maximum absolute atomic E-state index is 13.5. The molecule has 0 bridgehead atoms. The van der Waals surface area contributed by atoms with E-state index in [0.29, 0.717) is 68.3 Å². The number of aliphatic imine (C=N–C) groups is 1. The van der Waals surface area contributed by atoms with Crippen LogP contribution in [0.4, 0.5) is 17.2 Å². The molecule has 310 valence electrons. The number of anilines is 3. The van der Waals surface area contributed by atoms with Gasteiger partial charge in [-0.25, -0.2) is 4.98 Å². The van der Waals surface area contributed by atoms with Crippen molar-refractivity contribution >= 4 is 71.2 Å². The van der Waals surface area contributed by atoms with Crippen molar-refractivity contribution < 1.29 is 23.8 Å². The van der Waals surface area contributed by atoms with Crippen LogP contribution in [0.3, 0.4) is 0 Å². The summed E-state index contributed by atoms with van der Waals surface area (Å²) in [6, 6.07) is 24.2. The normalized spacial score (nSPS) is 13.9. The van der Waals surface area contributed by atoms with Gasteiger partial charge in [-0.2, -0.15) is 13.5 Å². The minimum atomic E-state index is -0.570. The molecule has 0 saturated carbocycles. The second kappa shape index (κ2) is 19.2. The standard InChI is InChI=1S/C44H43ClN8O5S.H2S/c1-26-27(2)59-44-40(26)41(29-6-9-32(45)10-7-29)50-37(43-52-51-28(3)53(43)44)25-39(55)48-33-11-13-34(14-12-33)58-22-21-57-20-19-56-18-17-47-42-35(5-4-16-46-42)30-8-15-36-31(23-30)24-38(54)49-36;/h4-16,23,37H,17-22,24-25H2,1-3H3,(H,46,47)(H,48,55)(H,49,54);1H2/t37-;/m0./s1. The van der Waals surface area contributed by atoms with Crippen molar-refractivity contribution in [2.24, 2.45) is 4.99 Å². The van der Waals surface area contributed by atoms with E-state index in [-0.39, 0.29) is 31.7 Å². The summed E-state index contributed by atoms with van der Waals surface area (Å²) in [6.07, 6.45) is 2.21. The van der Waals surface area contributed by atoms with Crippen LogP contribution in [0.25, 0.3) is 16.1 Å². The van der Waals surface area contributed by atoms with Crippen LogP contribution >= 0.6 is 36.4 Å². The smallest absolute Gasteiger partial charge is 0.228 e. The minimum absolute atomic E-state index is 0. The van der Waals surface area contributed by atoms with E-state index in [1.54, 1.807) is 29.7 Å². The maximum Gasteiger partial charge on any atom is 0.228 e. The molecule has 0 spiro atoms. The van der Waals surface area contributed by atoms with E-state index in [4.69, 9.17) is 30.8 Å². The Labute approximate surface area is 364 Å². The van der Waals surface area contributed by atoms with Crippen molar-refractivity contribution in [1.29, 1.82) is 0 Å². The van der Waals surface area contributed by atoms with E-state index in [9.17, 15) is 9.59 Å². The molecule has 60 heavy (non-hydrogen) atoms. The van der Waals surface area contributed by atoms with Gasteiger partial charge in [-0.1, -0.05) is 29.8 Å². The molecule has 0 aliphatic carbocycles. The summed E-state index contributed by atoms with van der Waals surface area (Å²) in [5.41, 5.74) is 8.33. The lowest BCUT2D eigenvalue weighted by molar-refractivity contribution is -0.117. The highest BCUT2D eigenvalue weighted by Crippen LogP contribution is 2.40. The molecule has 13 nitrogen and oxygen atoms in total. The molecule has 8 rings (SSSR count). The second-order valence-corrected chi connectivity index (χ2v) is 15.8. The highest BCUT2D eigenvalue weighted by molar-refractivity contribution is 7.59. The van der Waals surface area contributed by atoms with Crippen LogP contribution in [0.5, 0.6) is 5.75 Å². The summed E-state index contributed by atoms with van der Waals surface area (Å²) in [6.45, 7) is 8.81. The fourth-order valence-corrected chi connectivity index (χ4v) is 8.45. The highest BCUT2D eigenvalue weighted by Gasteiger charge is 2.32. The van der Waals surface area contributed by atoms with Crippen LogP contribution in [0.1, 0.15) is 51.2 Å². The van der Waals surface area contributed by atoms with Crippen LogP contribution in [-0.2, 0) is 25.5 Å². The Balaban J connectivity index is 0.00000544. The Kier molecular flexibility index (Phi) is 13.6. The third-order valence-corrected chi connectivity index (χ3v) is 11.6. The predicted molar refractivity (Wildman–Crippen MR) is 241 cm³/mol. The van der Waals surface area contributed by atoms with Crippen molar-refractivity contribution in [3.8, 4) is 21.9 Å². The van der Waals surface area contributed by atoms with Gasteiger partial charge in [0.1, 0.15) is 35.0 Å². The Hall–Kier alpha value is -5.58. The Morgan fingerprint density at radius 3 is 2.48 bits per heavy atom. The van der Waals surface area contributed by atoms with E-state index in [2.05, 4.69) is 45.0 Å². The average molecular weight is 865 g/mol. The zero-order valence-corrected chi connectivity index (χ0v) is 36.0. The number of halogens is 1. The number of amides is 2. The number of rotatable bonds is 16. The quantitative estimate of drug-likeness (QED) is 0.0822. The number of hydrogen-bond acceptors (Lipinski definition) is 11. The number of thiophene rings is 1. The van der Waals surface area contributed by atoms with Crippen LogP contribution in [0, 0.1) is 20.8 Å². The van der Waals surface area contributed by atoms with Gasteiger partial charge in [0, 0.05) is 50.7 Å². The number of aromatic nitrogens is 4. The van der Waals surface area contributed by atoms with Gasteiger partial charge in [-0.15, -0.1) is 21.5 Å². The van der Waals surface area contributed by atoms with Gasteiger partial charge in [0.05, 0.1) is 45.0 Å². The third-order valence-electron chi connectivity index (χ3n) is 10.1. The van der Waals surface area contributed by atoms with Gasteiger partial charge < -0.3 is 30.2 Å². The molecule has 2 amide bonds. The molecule has 0 unspecified atom stereocenters. The van der Waals surface area contributed by atoms with Crippen molar-refractivity contribution in [2.45, 2.75) is 39.7 Å². The van der Waals surface area contributed by atoms with E-state index < -0.39 is 6.04 Å². The SMILES string of the molecule is Cc1sc2c(c1C)C(c1ccc(Cl)cc1)=N[C@@H](CC(=O)Nc1ccc(OCCOCCOCCNc3ncccc3-c3ccc4c(c3)CC(=O)N4)cc1)c1nnc(C)n1-2.S. The first-order chi connectivity index (χ1) is 28.7. The Morgan fingerprint density at radius 1 is 0.933 bits per heavy atom. The fourth-order valence-electron chi connectivity index (χ4n) is 7.11. The molecule has 16 heteroatoms. The van der Waals surface area contributed by atoms with Crippen LogP contribution in [0.15, 0.2) is 90.1 Å². The highest BCUT2D eigenvalue weighted by atomic mass is 35.5. The van der Waals surface area contributed by atoms with Crippen molar-refractivity contribution in [1.82, 2.24) is 19.7 Å². The summed E-state index contributed by atoms with van der Waals surface area (Å²) in [7, 11) is 0. The number of benzene rings is 3. The average Bonchev–Trinajstić information content (AvgIpc) is 3.87. The molecule has 3 aromatic carbocycles. The van der Waals surface area contributed by atoms with Gasteiger partial charge in [-0.05, 0) is 98.1 Å². The zero-order valence-electron chi connectivity index (χ0n) is 33.4. The van der Waals surface area contributed by atoms with Gasteiger partial charge in [0.2, 0.25) is 11.8 Å². The number of aryl methyl sites for hydroxylation is 2. The van der Waals surface area contributed by atoms with Gasteiger partial charge >= 0.3 is 0 Å². The van der Waals surface area contributed by atoms with Crippen LogP contribution in [-0.4, -0.2) is 76.9 Å². The van der Waals surface area contributed by atoms with Crippen molar-refractivity contribution in [3.05, 3.63) is 129 Å².